The predicted molar refractivity (Wildman–Crippen MR) is 64.3 cm³/mol. The number of unbranched alkanes of at least 4 members (excludes halogenated alkanes) is 2. The number of likely N-dealkylation sites (N-methyl/N-ethyl adjacent to an activating group) is 1. The van der Waals surface area contributed by atoms with E-state index in [1.807, 2.05) is 0 Å². The molecule has 0 fully saturated rings. The number of hydrogen-bond donors (Lipinski definition) is 0. The first-order valence-corrected chi connectivity index (χ1v) is 6.06. The van der Waals surface area contributed by atoms with E-state index in [4.69, 9.17) is 9.47 Å². The Balaban J connectivity index is 3.02. The molecule has 0 N–H and O–H groups in total. The van der Waals surface area contributed by atoms with E-state index in [0.717, 1.165) is 39.2 Å². The van der Waals surface area contributed by atoms with Gasteiger partial charge in [-0.2, -0.15) is 0 Å². The number of hydrogen-bond acceptors (Lipinski definition) is 3. The van der Waals surface area contributed by atoms with Gasteiger partial charge in [0.2, 0.25) is 0 Å². The Kier molecular flexibility index (Phi) is 11.9. The smallest absolute Gasteiger partial charge is 0.0593 e. The van der Waals surface area contributed by atoms with E-state index >= 15 is 0 Å². The molecule has 0 saturated carbocycles. The van der Waals surface area contributed by atoms with E-state index in [0.29, 0.717) is 0 Å². The third-order valence-electron chi connectivity index (χ3n) is 2.40. The van der Waals surface area contributed by atoms with E-state index in [1.54, 1.807) is 7.11 Å². The molecule has 0 aromatic rings. The maximum atomic E-state index is 5.53. The van der Waals surface area contributed by atoms with E-state index in [-0.39, 0.29) is 0 Å². The topological polar surface area (TPSA) is 21.7 Å². The molecule has 0 bridgehead atoms. The van der Waals surface area contributed by atoms with Crippen molar-refractivity contribution < 1.29 is 9.47 Å². The van der Waals surface area contributed by atoms with Crippen molar-refractivity contribution in [2.45, 2.75) is 32.6 Å². The van der Waals surface area contributed by atoms with E-state index < -0.39 is 0 Å². The summed E-state index contributed by atoms with van der Waals surface area (Å²) in [6, 6.07) is 0. The molecule has 0 saturated heterocycles. The van der Waals surface area contributed by atoms with Gasteiger partial charge in [-0.15, -0.1) is 0 Å². The summed E-state index contributed by atoms with van der Waals surface area (Å²) in [6.07, 6.45) is 4.75. The summed E-state index contributed by atoms with van der Waals surface area (Å²) in [5.74, 6) is 0. The first-order valence-electron chi connectivity index (χ1n) is 6.06. The highest BCUT2D eigenvalue weighted by atomic mass is 16.5. The van der Waals surface area contributed by atoms with Gasteiger partial charge in [-0.05, 0) is 32.9 Å². The van der Waals surface area contributed by atoms with Crippen LogP contribution in [0.4, 0.5) is 0 Å². The van der Waals surface area contributed by atoms with Gasteiger partial charge < -0.3 is 14.4 Å². The van der Waals surface area contributed by atoms with Crippen molar-refractivity contribution in [1.82, 2.24) is 4.90 Å². The Morgan fingerprint density at radius 1 is 0.933 bits per heavy atom. The van der Waals surface area contributed by atoms with Gasteiger partial charge in [0.15, 0.2) is 0 Å². The van der Waals surface area contributed by atoms with Crippen LogP contribution in [0.25, 0.3) is 0 Å². The molecule has 0 amide bonds. The quantitative estimate of drug-likeness (QED) is 0.495. The van der Waals surface area contributed by atoms with Gasteiger partial charge >= 0.3 is 0 Å². The highest BCUT2D eigenvalue weighted by Crippen LogP contribution is 1.93. The maximum absolute atomic E-state index is 5.53. The van der Waals surface area contributed by atoms with E-state index in [9.17, 15) is 0 Å². The zero-order valence-electron chi connectivity index (χ0n) is 10.6. The van der Waals surface area contributed by atoms with Crippen LogP contribution in [0.3, 0.4) is 0 Å². The second-order valence-corrected chi connectivity index (χ2v) is 3.97. The fourth-order valence-electron chi connectivity index (χ4n) is 1.31. The Labute approximate surface area is 94.7 Å². The minimum absolute atomic E-state index is 0.847. The molecule has 0 unspecified atom stereocenters. The minimum atomic E-state index is 0.847. The first kappa shape index (κ1) is 14.9. The molecule has 0 rings (SSSR count). The van der Waals surface area contributed by atoms with Crippen LogP contribution in [-0.2, 0) is 9.47 Å². The molecule has 3 heteroatoms. The number of rotatable bonds is 11. The minimum Gasteiger partial charge on any atom is -0.385 e. The van der Waals surface area contributed by atoms with Crippen molar-refractivity contribution in [3.63, 3.8) is 0 Å². The molecule has 0 aliphatic heterocycles. The Hall–Kier alpha value is -0.120. The van der Waals surface area contributed by atoms with Gasteiger partial charge in [0.25, 0.3) is 0 Å². The Bertz CT molecular complexity index is 120. The Morgan fingerprint density at radius 3 is 2.33 bits per heavy atom. The molecule has 0 aliphatic rings. The first-order chi connectivity index (χ1) is 7.31. The van der Waals surface area contributed by atoms with Crippen molar-refractivity contribution in [3.8, 4) is 0 Å². The molecule has 0 atom stereocenters. The second kappa shape index (κ2) is 12.0. The van der Waals surface area contributed by atoms with Crippen LogP contribution in [0.1, 0.15) is 32.6 Å². The largest absolute Gasteiger partial charge is 0.385 e. The Morgan fingerprint density at radius 2 is 1.67 bits per heavy atom. The average Bonchev–Trinajstić information content (AvgIpc) is 2.25. The molecular weight excluding hydrogens is 190 g/mol. The van der Waals surface area contributed by atoms with Crippen LogP contribution < -0.4 is 0 Å². The van der Waals surface area contributed by atoms with Crippen molar-refractivity contribution in [2.24, 2.45) is 0 Å². The van der Waals surface area contributed by atoms with Crippen LogP contribution in [-0.4, -0.2) is 52.0 Å². The van der Waals surface area contributed by atoms with Crippen molar-refractivity contribution in [1.29, 1.82) is 0 Å². The van der Waals surface area contributed by atoms with Crippen LogP contribution in [0.5, 0.6) is 0 Å². The predicted octanol–water partition coefficient (Wildman–Crippen LogP) is 2.16. The molecular formula is C12H27NO2. The van der Waals surface area contributed by atoms with Gasteiger partial charge in [0.05, 0.1) is 6.61 Å². The molecule has 92 valence electrons. The zero-order chi connectivity index (χ0) is 11.4. The summed E-state index contributed by atoms with van der Waals surface area (Å²) in [6.45, 7) is 7.02. The summed E-state index contributed by atoms with van der Waals surface area (Å²) in [4.78, 5) is 2.33. The fourth-order valence-corrected chi connectivity index (χ4v) is 1.31. The fraction of sp³-hybridized carbons (Fsp3) is 1.00. The summed E-state index contributed by atoms with van der Waals surface area (Å²) >= 11 is 0. The number of methoxy groups -OCH3 is 1. The van der Waals surface area contributed by atoms with Gasteiger partial charge in [0, 0.05) is 26.9 Å². The van der Waals surface area contributed by atoms with E-state index in [1.165, 1.54) is 19.4 Å². The van der Waals surface area contributed by atoms with Crippen LogP contribution in [0.2, 0.25) is 0 Å². The molecule has 0 spiro atoms. The molecule has 0 aliphatic carbocycles. The third kappa shape index (κ3) is 11.8. The van der Waals surface area contributed by atoms with Gasteiger partial charge in [-0.3, -0.25) is 0 Å². The molecule has 15 heavy (non-hydrogen) atoms. The van der Waals surface area contributed by atoms with Crippen molar-refractivity contribution in [3.05, 3.63) is 0 Å². The zero-order valence-corrected chi connectivity index (χ0v) is 10.6. The molecule has 0 heterocycles. The van der Waals surface area contributed by atoms with Crippen LogP contribution in [0.15, 0.2) is 0 Å². The number of nitrogens with zero attached hydrogens (tertiary/aromatic N) is 1. The third-order valence-corrected chi connectivity index (χ3v) is 2.40. The van der Waals surface area contributed by atoms with Gasteiger partial charge in [-0.25, -0.2) is 0 Å². The summed E-state index contributed by atoms with van der Waals surface area (Å²) in [5.41, 5.74) is 0. The van der Waals surface area contributed by atoms with E-state index in [2.05, 4.69) is 18.9 Å². The SMILES string of the molecule is CCCCN(C)CCOCCCCOC. The van der Waals surface area contributed by atoms with Crippen molar-refractivity contribution in [2.75, 3.05) is 47.1 Å². The highest BCUT2D eigenvalue weighted by molar-refractivity contribution is 4.49. The lowest BCUT2D eigenvalue weighted by Gasteiger charge is -2.15. The standard InChI is InChI=1S/C12H27NO2/c1-4-5-8-13(2)9-12-15-11-7-6-10-14-3/h4-12H2,1-3H3. The monoisotopic (exact) mass is 217 g/mol. The molecule has 0 aromatic heterocycles. The summed E-state index contributed by atoms with van der Waals surface area (Å²) < 4.78 is 10.5. The lowest BCUT2D eigenvalue weighted by atomic mass is 10.3. The molecule has 3 nitrogen and oxygen atoms in total. The maximum Gasteiger partial charge on any atom is 0.0593 e. The van der Waals surface area contributed by atoms with Crippen molar-refractivity contribution >= 4 is 0 Å². The highest BCUT2D eigenvalue weighted by Gasteiger charge is 1.96. The average molecular weight is 217 g/mol. The number of ether oxygens (including phenoxy) is 2. The van der Waals surface area contributed by atoms with Gasteiger partial charge in [0.1, 0.15) is 0 Å². The van der Waals surface area contributed by atoms with Crippen LogP contribution >= 0.6 is 0 Å². The second-order valence-electron chi connectivity index (χ2n) is 3.97. The lowest BCUT2D eigenvalue weighted by Crippen LogP contribution is -2.24. The molecule has 0 aromatic carbocycles. The summed E-state index contributed by atoms with van der Waals surface area (Å²) in [7, 11) is 3.90. The van der Waals surface area contributed by atoms with Gasteiger partial charge in [-0.1, -0.05) is 13.3 Å². The molecule has 0 radical (unpaired) electrons. The normalized spacial score (nSPS) is 11.2. The lowest BCUT2D eigenvalue weighted by molar-refractivity contribution is 0.101. The summed E-state index contributed by atoms with van der Waals surface area (Å²) in [5, 5.41) is 0. The van der Waals surface area contributed by atoms with Crippen LogP contribution in [0, 0.1) is 0 Å².